The predicted molar refractivity (Wildman–Crippen MR) is 126 cm³/mol. The molecule has 5 heteroatoms. The molecular weight excluding hydrogens is 414 g/mol. The summed E-state index contributed by atoms with van der Waals surface area (Å²) in [6.07, 6.45) is 8.40. The first kappa shape index (κ1) is 22.4. The molecular formula is C28H35NO4. The molecule has 4 aliphatic rings. The quantitative estimate of drug-likeness (QED) is 0.261. The number of rotatable bonds is 7. The molecule has 4 bridgehead atoms. The molecule has 33 heavy (non-hydrogen) atoms. The van der Waals surface area contributed by atoms with Crippen LogP contribution < -0.4 is 0 Å². The second kappa shape index (κ2) is 7.54. The maximum absolute atomic E-state index is 13.3. The Balaban J connectivity index is 1.59. The van der Waals surface area contributed by atoms with E-state index >= 15 is 0 Å². The van der Waals surface area contributed by atoms with Gasteiger partial charge < -0.3 is 14.7 Å². The molecule has 0 unspecified atom stereocenters. The summed E-state index contributed by atoms with van der Waals surface area (Å²) in [5, 5.41) is 15.4. The Morgan fingerprint density at radius 3 is 2.67 bits per heavy atom. The molecule has 0 aliphatic heterocycles. The smallest absolute Gasteiger partial charge is 0.315 e. The molecule has 0 saturated heterocycles. The highest BCUT2D eigenvalue weighted by atomic mass is 16.6. The standard InChI is InChI=1S/C28H35NO4/c1-17(2)24-11-21-12-27(16-30)23-10-9-19(4)22(23)13-26(21,28(24,27)25(31)32)15-29-33-14-20-8-6-5-7-18(20)3/h5-8,11,15-17,19,21-23H,9-10,12-14H2,1-4H3,(H,31,32)/t19-,21+,22-,23-,26+,27+,28-/m1/s1. The van der Waals surface area contributed by atoms with Gasteiger partial charge in [0.15, 0.2) is 0 Å². The van der Waals surface area contributed by atoms with E-state index in [1.54, 1.807) is 0 Å². The lowest BCUT2D eigenvalue weighted by Gasteiger charge is -2.57. The molecule has 4 aliphatic carbocycles. The van der Waals surface area contributed by atoms with Gasteiger partial charge in [0, 0.05) is 5.41 Å². The fraction of sp³-hybridized carbons (Fsp3) is 0.607. The molecule has 0 spiro atoms. The SMILES string of the molecule is Cc1ccccc1CON=C[C@@]12C[C@@H]3[C@H](C)CC[C@H]3[C@@]3(C=O)C[C@@H]1C=C(C(C)C)[C@]32C(=O)O. The summed E-state index contributed by atoms with van der Waals surface area (Å²) in [5.41, 5.74) is 0.296. The number of allylic oxidation sites excluding steroid dienone is 1. The number of aldehydes is 1. The highest BCUT2D eigenvalue weighted by molar-refractivity contribution is 5.96. The number of hydrogen-bond donors (Lipinski definition) is 1. The van der Waals surface area contributed by atoms with Gasteiger partial charge in [-0.2, -0.15) is 0 Å². The van der Waals surface area contributed by atoms with Gasteiger partial charge in [0.1, 0.15) is 18.3 Å². The van der Waals surface area contributed by atoms with Crippen LogP contribution in [0, 0.1) is 52.8 Å². The Labute approximate surface area is 196 Å². The number of benzene rings is 1. The summed E-state index contributed by atoms with van der Waals surface area (Å²) in [4.78, 5) is 32.1. The average molecular weight is 450 g/mol. The second-order valence-electron chi connectivity index (χ2n) is 11.3. The normalized spacial score (nSPS) is 40.8. The van der Waals surface area contributed by atoms with Gasteiger partial charge in [0.25, 0.3) is 0 Å². The molecule has 0 amide bonds. The fourth-order valence-electron chi connectivity index (χ4n) is 8.50. The van der Waals surface area contributed by atoms with Crippen molar-refractivity contribution in [3.05, 3.63) is 47.0 Å². The van der Waals surface area contributed by atoms with Gasteiger partial charge in [-0.25, -0.2) is 0 Å². The predicted octanol–water partition coefficient (Wildman–Crippen LogP) is 5.42. The molecule has 176 valence electrons. The number of carboxylic acids is 1. The zero-order chi connectivity index (χ0) is 23.6. The number of nitrogens with zero attached hydrogens (tertiary/aromatic N) is 1. The topological polar surface area (TPSA) is 76.0 Å². The van der Waals surface area contributed by atoms with E-state index in [-0.39, 0.29) is 17.8 Å². The second-order valence-corrected chi connectivity index (χ2v) is 11.3. The Kier molecular flexibility index (Phi) is 5.11. The first-order valence-corrected chi connectivity index (χ1v) is 12.4. The van der Waals surface area contributed by atoms with E-state index < -0.39 is 22.2 Å². The number of fused-ring (bicyclic) bond motifs is 2. The maximum atomic E-state index is 13.3. The van der Waals surface area contributed by atoms with Crippen LogP contribution in [0.25, 0.3) is 0 Å². The van der Waals surface area contributed by atoms with Crippen LogP contribution >= 0.6 is 0 Å². The average Bonchev–Trinajstić information content (AvgIpc) is 3.35. The van der Waals surface area contributed by atoms with Crippen LogP contribution in [0.1, 0.15) is 57.6 Å². The molecule has 3 fully saturated rings. The molecule has 0 aromatic heterocycles. The highest BCUT2D eigenvalue weighted by Gasteiger charge is 2.84. The molecule has 3 saturated carbocycles. The lowest BCUT2D eigenvalue weighted by Crippen LogP contribution is -2.63. The van der Waals surface area contributed by atoms with Crippen molar-refractivity contribution < 1.29 is 19.5 Å². The minimum absolute atomic E-state index is 0.000175. The number of oxime groups is 1. The third-order valence-corrected chi connectivity index (χ3v) is 9.84. The zero-order valence-corrected chi connectivity index (χ0v) is 20.1. The van der Waals surface area contributed by atoms with Gasteiger partial charge in [-0.3, -0.25) is 4.79 Å². The third-order valence-electron chi connectivity index (χ3n) is 9.84. The summed E-state index contributed by atoms with van der Waals surface area (Å²) in [6, 6.07) is 8.03. The summed E-state index contributed by atoms with van der Waals surface area (Å²) in [6.45, 7) is 8.76. The van der Waals surface area contributed by atoms with Crippen molar-refractivity contribution in [3.63, 3.8) is 0 Å². The maximum Gasteiger partial charge on any atom is 0.315 e. The van der Waals surface area contributed by atoms with Crippen LogP contribution in [0.4, 0.5) is 0 Å². The van der Waals surface area contributed by atoms with Crippen molar-refractivity contribution in [2.75, 3.05) is 0 Å². The summed E-state index contributed by atoms with van der Waals surface area (Å²) >= 11 is 0. The Morgan fingerprint density at radius 1 is 1.24 bits per heavy atom. The molecule has 5 nitrogen and oxygen atoms in total. The minimum atomic E-state index is -1.23. The van der Waals surface area contributed by atoms with E-state index in [0.717, 1.165) is 42.2 Å². The molecule has 0 heterocycles. The van der Waals surface area contributed by atoms with Crippen molar-refractivity contribution >= 4 is 18.5 Å². The Hall–Kier alpha value is -2.43. The number of carboxylic acid groups (broad SMARTS) is 1. The number of hydrogen-bond acceptors (Lipinski definition) is 4. The Morgan fingerprint density at radius 2 is 2.00 bits per heavy atom. The van der Waals surface area contributed by atoms with Crippen LogP contribution in [0.3, 0.4) is 0 Å². The van der Waals surface area contributed by atoms with Gasteiger partial charge >= 0.3 is 5.97 Å². The molecule has 7 atom stereocenters. The van der Waals surface area contributed by atoms with Crippen LogP contribution in [-0.2, 0) is 21.0 Å². The zero-order valence-electron chi connectivity index (χ0n) is 20.1. The third kappa shape index (κ3) is 2.62. The van der Waals surface area contributed by atoms with Gasteiger partial charge in [0.2, 0.25) is 0 Å². The largest absolute Gasteiger partial charge is 0.481 e. The first-order valence-electron chi connectivity index (χ1n) is 12.4. The number of aryl methyl sites for hydroxylation is 1. The highest BCUT2D eigenvalue weighted by Crippen LogP contribution is 2.82. The van der Waals surface area contributed by atoms with Crippen molar-refractivity contribution in [3.8, 4) is 0 Å². The lowest BCUT2D eigenvalue weighted by molar-refractivity contribution is -0.173. The van der Waals surface area contributed by atoms with Crippen molar-refractivity contribution in [2.45, 2.75) is 60.0 Å². The summed E-state index contributed by atoms with van der Waals surface area (Å²) in [5.74, 6) is 0.152. The molecule has 0 radical (unpaired) electrons. The molecule has 5 rings (SSSR count). The summed E-state index contributed by atoms with van der Waals surface area (Å²) in [7, 11) is 0. The van der Waals surface area contributed by atoms with Gasteiger partial charge in [0.05, 0.1) is 11.6 Å². The van der Waals surface area contributed by atoms with Crippen molar-refractivity contribution in [2.24, 2.45) is 51.0 Å². The fourth-order valence-corrected chi connectivity index (χ4v) is 8.50. The molecule has 1 aromatic carbocycles. The Bertz CT molecular complexity index is 1040. The van der Waals surface area contributed by atoms with E-state index in [9.17, 15) is 14.7 Å². The van der Waals surface area contributed by atoms with E-state index in [1.807, 2.05) is 37.4 Å². The van der Waals surface area contributed by atoms with Crippen LogP contribution in [0.2, 0.25) is 0 Å². The van der Waals surface area contributed by atoms with E-state index in [2.05, 4.69) is 32.0 Å². The van der Waals surface area contributed by atoms with Gasteiger partial charge in [-0.1, -0.05) is 68.3 Å². The van der Waals surface area contributed by atoms with E-state index in [1.165, 1.54) is 0 Å². The van der Waals surface area contributed by atoms with Crippen LogP contribution in [0.15, 0.2) is 41.1 Å². The van der Waals surface area contributed by atoms with E-state index in [0.29, 0.717) is 24.9 Å². The van der Waals surface area contributed by atoms with Crippen molar-refractivity contribution in [1.82, 2.24) is 0 Å². The number of aliphatic carboxylic acids is 1. The summed E-state index contributed by atoms with van der Waals surface area (Å²) < 4.78 is 0. The van der Waals surface area contributed by atoms with E-state index in [4.69, 9.17) is 4.84 Å². The molecule has 1 N–H and O–H groups in total. The first-order chi connectivity index (χ1) is 15.7. The van der Waals surface area contributed by atoms with Gasteiger partial charge in [-0.05, 0) is 66.9 Å². The minimum Gasteiger partial charge on any atom is -0.481 e. The van der Waals surface area contributed by atoms with Crippen LogP contribution in [0.5, 0.6) is 0 Å². The molecule has 1 aromatic rings. The lowest BCUT2D eigenvalue weighted by atomic mass is 9.43. The van der Waals surface area contributed by atoms with Gasteiger partial charge in [-0.15, -0.1) is 0 Å². The monoisotopic (exact) mass is 449 g/mol. The van der Waals surface area contributed by atoms with Crippen LogP contribution in [-0.4, -0.2) is 23.6 Å². The van der Waals surface area contributed by atoms with Crippen molar-refractivity contribution in [1.29, 1.82) is 0 Å². The number of carbonyl (C=O) groups is 2. The number of carbonyl (C=O) groups excluding carboxylic acids is 1.